The fourth-order valence-corrected chi connectivity index (χ4v) is 3.16. The summed E-state index contributed by atoms with van der Waals surface area (Å²) in [6, 6.07) is 7.75. The van der Waals surface area contributed by atoms with E-state index in [1.165, 1.54) is 0 Å². The highest BCUT2D eigenvalue weighted by molar-refractivity contribution is 7.10. The molecule has 0 fully saturated rings. The van der Waals surface area contributed by atoms with Gasteiger partial charge in [-0.1, -0.05) is 43.6 Å². The van der Waals surface area contributed by atoms with Crippen molar-refractivity contribution < 1.29 is 0 Å². The van der Waals surface area contributed by atoms with Crippen molar-refractivity contribution in [3.63, 3.8) is 0 Å². The Morgan fingerprint density at radius 2 is 1.94 bits per heavy atom. The maximum Gasteiger partial charge on any atom is 0.113 e. The molecule has 2 N–H and O–H groups in total. The Bertz CT molecular complexity index is 532. The topological polar surface area (TPSA) is 38.9 Å². The van der Waals surface area contributed by atoms with Crippen LogP contribution in [0.25, 0.3) is 11.3 Å². The van der Waals surface area contributed by atoms with E-state index in [1.54, 1.807) is 11.3 Å². The smallest absolute Gasteiger partial charge is 0.113 e. The molecule has 96 valence electrons. The van der Waals surface area contributed by atoms with E-state index >= 15 is 0 Å². The van der Waals surface area contributed by atoms with Crippen LogP contribution in [0.15, 0.2) is 29.6 Å². The van der Waals surface area contributed by atoms with Crippen molar-refractivity contribution in [2.45, 2.75) is 32.2 Å². The van der Waals surface area contributed by atoms with Crippen LogP contribution in [-0.2, 0) is 5.54 Å². The number of hydrogen-bond acceptors (Lipinski definition) is 3. The molecule has 0 saturated carbocycles. The van der Waals surface area contributed by atoms with Gasteiger partial charge in [0.05, 0.1) is 11.2 Å². The first kappa shape index (κ1) is 13.5. The lowest BCUT2D eigenvalue weighted by Crippen LogP contribution is -2.34. The molecule has 2 aromatic rings. The number of aromatic nitrogens is 1. The number of thiazole rings is 1. The van der Waals surface area contributed by atoms with Crippen LogP contribution < -0.4 is 5.73 Å². The molecule has 0 spiro atoms. The summed E-state index contributed by atoms with van der Waals surface area (Å²) in [5.74, 6) is 0. The van der Waals surface area contributed by atoms with Crippen molar-refractivity contribution in [3.05, 3.63) is 39.7 Å². The number of halogens is 1. The average Bonchev–Trinajstić information content (AvgIpc) is 2.88. The Balaban J connectivity index is 2.40. The summed E-state index contributed by atoms with van der Waals surface area (Å²) in [6.45, 7) is 4.19. The summed E-state index contributed by atoms with van der Waals surface area (Å²) in [5.41, 5.74) is 7.93. The van der Waals surface area contributed by atoms with Gasteiger partial charge in [-0.3, -0.25) is 0 Å². The molecule has 0 amide bonds. The van der Waals surface area contributed by atoms with E-state index in [-0.39, 0.29) is 5.54 Å². The summed E-state index contributed by atoms with van der Waals surface area (Å²) in [6.07, 6.45) is 1.78. The van der Waals surface area contributed by atoms with Crippen LogP contribution in [0, 0.1) is 0 Å². The lowest BCUT2D eigenvalue weighted by molar-refractivity contribution is 0.411. The largest absolute Gasteiger partial charge is 0.319 e. The van der Waals surface area contributed by atoms with Gasteiger partial charge in [0.2, 0.25) is 0 Å². The quantitative estimate of drug-likeness (QED) is 0.899. The minimum absolute atomic E-state index is 0.315. The number of hydrogen-bond donors (Lipinski definition) is 1. The van der Waals surface area contributed by atoms with Gasteiger partial charge in [0.1, 0.15) is 5.01 Å². The third-order valence-electron chi connectivity index (χ3n) is 3.34. The molecule has 2 rings (SSSR count). The molecule has 1 aromatic carbocycles. The lowest BCUT2D eigenvalue weighted by atomic mass is 9.95. The number of nitrogens with two attached hydrogens (primary N) is 1. The van der Waals surface area contributed by atoms with Gasteiger partial charge < -0.3 is 5.73 Å². The Kier molecular flexibility index (Phi) is 4.05. The molecule has 4 heteroatoms. The molecule has 0 aliphatic rings. The Hall–Kier alpha value is -0.900. The van der Waals surface area contributed by atoms with Gasteiger partial charge in [0.15, 0.2) is 0 Å². The molecule has 0 unspecified atom stereocenters. The molecule has 0 bridgehead atoms. The zero-order valence-corrected chi connectivity index (χ0v) is 12.2. The van der Waals surface area contributed by atoms with E-state index in [0.717, 1.165) is 34.1 Å². The van der Waals surface area contributed by atoms with E-state index in [1.807, 2.05) is 29.6 Å². The number of rotatable bonds is 4. The standard InChI is InChI=1S/C14H17ClN2S/c1-3-14(16,4-2)13-17-12(9-18-13)10-7-5-6-8-11(10)15/h5-9H,3-4,16H2,1-2H3. The Morgan fingerprint density at radius 3 is 2.56 bits per heavy atom. The van der Waals surface area contributed by atoms with Crippen molar-refractivity contribution in [2.75, 3.05) is 0 Å². The minimum Gasteiger partial charge on any atom is -0.319 e. The maximum absolute atomic E-state index is 6.36. The van der Waals surface area contributed by atoms with Gasteiger partial charge in [0, 0.05) is 16.0 Å². The van der Waals surface area contributed by atoms with Crippen LogP contribution in [-0.4, -0.2) is 4.98 Å². The molecular formula is C14H17ClN2S. The highest BCUT2D eigenvalue weighted by Gasteiger charge is 2.26. The second-order valence-corrected chi connectivity index (χ2v) is 5.65. The van der Waals surface area contributed by atoms with E-state index in [0.29, 0.717) is 0 Å². The molecule has 0 radical (unpaired) electrons. The predicted molar refractivity (Wildman–Crippen MR) is 79.0 cm³/mol. The highest BCUT2D eigenvalue weighted by Crippen LogP contribution is 2.33. The first-order valence-corrected chi connectivity index (χ1v) is 7.36. The molecule has 0 atom stereocenters. The SMILES string of the molecule is CCC(N)(CC)c1nc(-c2ccccc2Cl)cs1. The highest BCUT2D eigenvalue weighted by atomic mass is 35.5. The van der Waals surface area contributed by atoms with Crippen molar-refractivity contribution in [1.82, 2.24) is 4.98 Å². The van der Waals surface area contributed by atoms with Crippen LogP contribution in [0.2, 0.25) is 5.02 Å². The molecule has 0 aliphatic heterocycles. The minimum atomic E-state index is -0.315. The molecule has 0 aliphatic carbocycles. The summed E-state index contributed by atoms with van der Waals surface area (Å²) < 4.78 is 0. The van der Waals surface area contributed by atoms with Gasteiger partial charge in [-0.2, -0.15) is 0 Å². The molecule has 2 nitrogen and oxygen atoms in total. The maximum atomic E-state index is 6.36. The summed E-state index contributed by atoms with van der Waals surface area (Å²) in [5, 5.41) is 3.75. The molecule has 18 heavy (non-hydrogen) atoms. The van der Waals surface area contributed by atoms with Gasteiger partial charge in [-0.25, -0.2) is 4.98 Å². The molecule has 1 aromatic heterocycles. The van der Waals surface area contributed by atoms with Crippen LogP contribution in [0.1, 0.15) is 31.7 Å². The molecule has 0 saturated heterocycles. The Morgan fingerprint density at radius 1 is 1.28 bits per heavy atom. The lowest BCUT2D eigenvalue weighted by Gasteiger charge is -2.23. The van der Waals surface area contributed by atoms with E-state index in [2.05, 4.69) is 18.8 Å². The zero-order chi connectivity index (χ0) is 13.2. The first-order chi connectivity index (χ1) is 8.60. The Labute approximate surface area is 117 Å². The van der Waals surface area contributed by atoms with Crippen LogP contribution >= 0.6 is 22.9 Å². The fourth-order valence-electron chi connectivity index (χ4n) is 1.85. The summed E-state index contributed by atoms with van der Waals surface area (Å²) in [7, 11) is 0. The van der Waals surface area contributed by atoms with Crippen LogP contribution in [0.3, 0.4) is 0 Å². The van der Waals surface area contributed by atoms with Gasteiger partial charge in [-0.15, -0.1) is 11.3 Å². The average molecular weight is 281 g/mol. The molecule has 1 heterocycles. The number of nitrogens with zero attached hydrogens (tertiary/aromatic N) is 1. The summed E-state index contributed by atoms with van der Waals surface area (Å²) in [4.78, 5) is 4.66. The normalized spacial score (nSPS) is 11.8. The number of benzene rings is 1. The predicted octanol–water partition coefficient (Wildman–Crippen LogP) is 4.44. The van der Waals surface area contributed by atoms with Crippen molar-refractivity contribution in [1.29, 1.82) is 0 Å². The van der Waals surface area contributed by atoms with Crippen molar-refractivity contribution in [2.24, 2.45) is 5.73 Å². The van der Waals surface area contributed by atoms with Gasteiger partial charge in [-0.05, 0) is 18.9 Å². The molecular weight excluding hydrogens is 264 g/mol. The summed E-state index contributed by atoms with van der Waals surface area (Å²) >= 11 is 7.80. The van der Waals surface area contributed by atoms with E-state index < -0.39 is 0 Å². The zero-order valence-electron chi connectivity index (χ0n) is 10.6. The van der Waals surface area contributed by atoms with Gasteiger partial charge in [0.25, 0.3) is 0 Å². The van der Waals surface area contributed by atoms with Crippen molar-refractivity contribution in [3.8, 4) is 11.3 Å². The van der Waals surface area contributed by atoms with Crippen LogP contribution in [0.4, 0.5) is 0 Å². The first-order valence-electron chi connectivity index (χ1n) is 6.10. The third-order valence-corrected chi connectivity index (χ3v) is 4.73. The monoisotopic (exact) mass is 280 g/mol. The van der Waals surface area contributed by atoms with Crippen LogP contribution in [0.5, 0.6) is 0 Å². The third kappa shape index (κ3) is 2.44. The van der Waals surface area contributed by atoms with Crippen molar-refractivity contribution >= 4 is 22.9 Å². The second kappa shape index (κ2) is 5.39. The fraction of sp³-hybridized carbons (Fsp3) is 0.357. The van der Waals surface area contributed by atoms with E-state index in [4.69, 9.17) is 17.3 Å². The second-order valence-electron chi connectivity index (χ2n) is 4.38. The van der Waals surface area contributed by atoms with Gasteiger partial charge >= 0.3 is 0 Å². The van der Waals surface area contributed by atoms with E-state index in [9.17, 15) is 0 Å².